The van der Waals surface area contributed by atoms with Crippen LogP contribution in [0, 0.1) is 0 Å². The molecule has 5 heteroatoms. The molecule has 1 aromatic carbocycles. The molecule has 3 rings (SSSR count). The molecule has 2 aliphatic heterocycles. The van der Waals surface area contributed by atoms with Gasteiger partial charge < -0.3 is 14.2 Å². The zero-order chi connectivity index (χ0) is 14.7. The molecule has 0 bridgehead atoms. The van der Waals surface area contributed by atoms with Crippen LogP contribution in [0.25, 0.3) is 0 Å². The van der Waals surface area contributed by atoms with Gasteiger partial charge in [-0.2, -0.15) is 0 Å². The van der Waals surface area contributed by atoms with E-state index in [4.69, 9.17) is 25.8 Å². The largest absolute Gasteiger partial charge is 0.488 e. The lowest BCUT2D eigenvalue weighted by molar-refractivity contribution is -0.155. The molecule has 0 saturated carbocycles. The van der Waals surface area contributed by atoms with Gasteiger partial charge in [0, 0.05) is 36.9 Å². The van der Waals surface area contributed by atoms with E-state index in [1.807, 2.05) is 18.2 Å². The molecule has 116 valence electrons. The third-order valence-electron chi connectivity index (χ3n) is 4.33. The number of rotatable bonds is 3. The lowest BCUT2D eigenvalue weighted by Gasteiger charge is -2.43. The maximum atomic E-state index is 6.31. The van der Waals surface area contributed by atoms with Gasteiger partial charge in [-0.15, -0.1) is 0 Å². The second kappa shape index (κ2) is 6.86. The summed E-state index contributed by atoms with van der Waals surface area (Å²) in [5.41, 5.74) is 1.03. The zero-order valence-electron chi connectivity index (χ0n) is 11.9. The van der Waals surface area contributed by atoms with Crippen molar-refractivity contribution >= 4 is 27.5 Å². The molecule has 0 radical (unpaired) electrons. The molecule has 1 aromatic rings. The summed E-state index contributed by atoms with van der Waals surface area (Å²) in [7, 11) is 0. The van der Waals surface area contributed by atoms with Gasteiger partial charge in [-0.1, -0.05) is 39.7 Å². The Morgan fingerprint density at radius 2 is 2.10 bits per heavy atom. The molecule has 2 heterocycles. The zero-order valence-corrected chi connectivity index (χ0v) is 14.3. The number of halogens is 2. The average Bonchev–Trinajstić information content (AvgIpc) is 2.50. The van der Waals surface area contributed by atoms with Crippen molar-refractivity contribution in [2.24, 2.45) is 0 Å². The van der Waals surface area contributed by atoms with Crippen LogP contribution in [0.1, 0.15) is 31.2 Å². The van der Waals surface area contributed by atoms with Crippen LogP contribution < -0.4 is 4.74 Å². The van der Waals surface area contributed by atoms with E-state index in [-0.39, 0.29) is 11.7 Å². The van der Waals surface area contributed by atoms with Gasteiger partial charge in [0.05, 0.1) is 17.2 Å². The Bertz CT molecular complexity index is 483. The fraction of sp³-hybridized carbons (Fsp3) is 0.625. The van der Waals surface area contributed by atoms with Gasteiger partial charge in [-0.05, 0) is 18.9 Å². The summed E-state index contributed by atoms with van der Waals surface area (Å²) < 4.78 is 17.8. The highest BCUT2D eigenvalue weighted by molar-refractivity contribution is 9.08. The lowest BCUT2D eigenvalue weighted by atomic mass is 9.85. The monoisotopic (exact) mass is 374 g/mol. The Morgan fingerprint density at radius 3 is 2.86 bits per heavy atom. The van der Waals surface area contributed by atoms with Gasteiger partial charge in [-0.3, -0.25) is 0 Å². The molecule has 0 aliphatic carbocycles. The van der Waals surface area contributed by atoms with Crippen molar-refractivity contribution in [2.75, 3.05) is 19.8 Å². The summed E-state index contributed by atoms with van der Waals surface area (Å²) in [6, 6.07) is 5.88. The van der Waals surface area contributed by atoms with Gasteiger partial charge in [0.2, 0.25) is 0 Å². The van der Waals surface area contributed by atoms with Crippen LogP contribution in [-0.2, 0) is 14.8 Å². The van der Waals surface area contributed by atoms with Crippen LogP contribution in [0.3, 0.4) is 0 Å². The molecule has 2 saturated heterocycles. The fourth-order valence-electron chi connectivity index (χ4n) is 3.13. The molecular formula is C16H20BrClO3. The molecular weight excluding hydrogens is 356 g/mol. The van der Waals surface area contributed by atoms with Gasteiger partial charge in [0.1, 0.15) is 11.9 Å². The van der Waals surface area contributed by atoms with Crippen LogP contribution in [-0.4, -0.2) is 31.5 Å². The smallest absolute Gasteiger partial charge is 0.142 e. The Kier molecular flexibility index (Phi) is 5.10. The second-order valence-corrected chi connectivity index (χ2v) is 6.71. The minimum atomic E-state index is -0.0585. The fourth-order valence-corrected chi connectivity index (χ4v) is 3.81. The number of alkyl halides is 1. The van der Waals surface area contributed by atoms with Gasteiger partial charge in [-0.25, -0.2) is 0 Å². The third-order valence-corrected chi connectivity index (χ3v) is 5.23. The van der Waals surface area contributed by atoms with E-state index in [2.05, 4.69) is 15.9 Å². The molecule has 21 heavy (non-hydrogen) atoms. The minimum Gasteiger partial charge on any atom is -0.488 e. The summed E-state index contributed by atoms with van der Waals surface area (Å²) in [6.07, 6.45) is 3.91. The van der Waals surface area contributed by atoms with Crippen LogP contribution in [0.4, 0.5) is 0 Å². The number of para-hydroxylation sites is 1. The topological polar surface area (TPSA) is 27.7 Å². The molecule has 0 aromatic heterocycles. The molecule has 1 unspecified atom stereocenters. The van der Waals surface area contributed by atoms with Crippen molar-refractivity contribution in [1.82, 2.24) is 0 Å². The number of ether oxygens (including phenoxy) is 3. The maximum Gasteiger partial charge on any atom is 0.142 e. The highest BCUT2D eigenvalue weighted by Crippen LogP contribution is 2.38. The van der Waals surface area contributed by atoms with Crippen molar-refractivity contribution < 1.29 is 14.2 Å². The van der Waals surface area contributed by atoms with Crippen molar-refractivity contribution in [1.29, 1.82) is 0 Å². The van der Waals surface area contributed by atoms with Crippen LogP contribution in [0.5, 0.6) is 5.75 Å². The number of benzene rings is 1. The van der Waals surface area contributed by atoms with Crippen LogP contribution in [0.2, 0.25) is 5.02 Å². The molecule has 1 atom stereocenters. The Morgan fingerprint density at radius 1 is 1.29 bits per heavy atom. The highest BCUT2D eigenvalue weighted by atomic mass is 79.9. The molecule has 2 fully saturated rings. The van der Waals surface area contributed by atoms with E-state index in [0.29, 0.717) is 5.02 Å². The SMILES string of the molecule is Clc1cccc(CBr)c1OC1CCOC2(CCOCC2)C1. The van der Waals surface area contributed by atoms with E-state index in [1.165, 1.54) is 0 Å². The van der Waals surface area contributed by atoms with Crippen LogP contribution in [0.15, 0.2) is 18.2 Å². The van der Waals surface area contributed by atoms with E-state index < -0.39 is 0 Å². The highest BCUT2D eigenvalue weighted by Gasteiger charge is 2.40. The summed E-state index contributed by atoms with van der Waals surface area (Å²) in [6.45, 7) is 2.32. The first kappa shape index (κ1) is 15.6. The van der Waals surface area contributed by atoms with Crippen molar-refractivity contribution in [3.8, 4) is 5.75 Å². The molecule has 0 N–H and O–H groups in total. The molecule has 0 amide bonds. The van der Waals surface area contributed by atoms with Gasteiger partial charge in [0.25, 0.3) is 0 Å². The van der Waals surface area contributed by atoms with Gasteiger partial charge in [0.15, 0.2) is 0 Å². The van der Waals surface area contributed by atoms with Crippen LogP contribution >= 0.6 is 27.5 Å². The summed E-state index contributed by atoms with van der Waals surface area (Å²) in [4.78, 5) is 0. The first-order valence-corrected chi connectivity index (χ1v) is 8.94. The first-order chi connectivity index (χ1) is 10.2. The quantitative estimate of drug-likeness (QED) is 0.735. The van der Waals surface area contributed by atoms with E-state index in [0.717, 1.165) is 62.1 Å². The summed E-state index contributed by atoms with van der Waals surface area (Å²) in [5, 5.41) is 1.42. The second-order valence-electron chi connectivity index (χ2n) is 5.74. The van der Waals surface area contributed by atoms with Gasteiger partial charge >= 0.3 is 0 Å². The third kappa shape index (κ3) is 3.55. The van der Waals surface area contributed by atoms with E-state index >= 15 is 0 Å². The summed E-state index contributed by atoms with van der Waals surface area (Å²) in [5.74, 6) is 0.810. The van der Waals surface area contributed by atoms with E-state index in [9.17, 15) is 0 Å². The van der Waals surface area contributed by atoms with Crippen molar-refractivity contribution in [2.45, 2.75) is 42.7 Å². The molecule has 1 spiro atoms. The molecule has 2 aliphatic rings. The maximum absolute atomic E-state index is 6.31. The predicted molar refractivity (Wildman–Crippen MR) is 86.5 cm³/mol. The van der Waals surface area contributed by atoms with E-state index in [1.54, 1.807) is 0 Å². The first-order valence-electron chi connectivity index (χ1n) is 7.44. The average molecular weight is 376 g/mol. The van der Waals surface area contributed by atoms with Crippen molar-refractivity contribution in [3.05, 3.63) is 28.8 Å². The predicted octanol–water partition coefficient (Wildman–Crippen LogP) is 4.34. The Labute approximate surface area is 139 Å². The minimum absolute atomic E-state index is 0.0585. The van der Waals surface area contributed by atoms with Crippen molar-refractivity contribution in [3.63, 3.8) is 0 Å². The normalized spacial score (nSPS) is 25.0. The standard InChI is InChI=1S/C16H20BrClO3/c17-11-12-2-1-3-14(18)15(12)21-13-4-7-20-16(10-13)5-8-19-9-6-16/h1-3,13H,4-11H2. The number of hydrogen-bond donors (Lipinski definition) is 0. The lowest BCUT2D eigenvalue weighted by Crippen LogP contribution is -2.47. The molecule has 3 nitrogen and oxygen atoms in total. The summed E-state index contributed by atoms with van der Waals surface area (Å²) >= 11 is 9.81. The number of hydrogen-bond acceptors (Lipinski definition) is 3. The Balaban J connectivity index is 1.73. The Hall–Kier alpha value is -0.290.